The van der Waals surface area contributed by atoms with E-state index >= 15 is 0 Å². The lowest BCUT2D eigenvalue weighted by molar-refractivity contribution is -0.110. The second kappa shape index (κ2) is 9.69. The smallest absolute Gasteiger partial charge is 0.270 e. The molecule has 1 N–H and O–H groups in total. The maximum Gasteiger partial charge on any atom is 0.270 e. The monoisotopic (exact) mass is 386 g/mol. The predicted octanol–water partition coefficient (Wildman–Crippen LogP) is 5.66. The van der Waals surface area contributed by atoms with E-state index in [0.29, 0.717) is 17.8 Å². The van der Waals surface area contributed by atoms with Gasteiger partial charge in [-0.05, 0) is 67.6 Å². The van der Waals surface area contributed by atoms with E-state index in [1.807, 2.05) is 74.5 Å². The number of aryl methyl sites for hydroxylation is 3. The van der Waals surface area contributed by atoms with Gasteiger partial charge < -0.3 is 10.1 Å². The van der Waals surface area contributed by atoms with E-state index in [9.17, 15) is 4.79 Å². The summed E-state index contributed by atoms with van der Waals surface area (Å²) >= 11 is 0. The Morgan fingerprint density at radius 3 is 2.17 bits per heavy atom. The minimum atomic E-state index is -0.186. The van der Waals surface area contributed by atoms with Crippen LogP contribution in [-0.2, 0) is 11.2 Å². The third-order valence-corrected chi connectivity index (χ3v) is 4.79. The maximum absolute atomic E-state index is 13.0. The first-order valence-corrected chi connectivity index (χ1v) is 9.70. The number of methoxy groups -OCH3 is 1. The zero-order chi connectivity index (χ0) is 20.6. The Morgan fingerprint density at radius 2 is 1.55 bits per heavy atom. The minimum absolute atomic E-state index is 0.186. The minimum Gasteiger partial charge on any atom is -0.497 e. The molecule has 0 aliphatic rings. The van der Waals surface area contributed by atoms with Crippen molar-refractivity contribution < 1.29 is 9.53 Å². The third kappa shape index (κ3) is 5.55. The molecule has 4 nitrogen and oxygen atoms in total. The molecule has 0 aliphatic carbocycles. The Bertz CT molecular complexity index is 973. The van der Waals surface area contributed by atoms with Crippen molar-refractivity contribution in [3.63, 3.8) is 0 Å². The van der Waals surface area contributed by atoms with Crippen LogP contribution in [0.2, 0.25) is 0 Å². The Morgan fingerprint density at radius 1 is 0.897 bits per heavy atom. The summed E-state index contributed by atoms with van der Waals surface area (Å²) in [5.41, 5.74) is 5.38. The maximum atomic E-state index is 13.0. The Kier molecular flexibility index (Phi) is 6.80. The first-order valence-electron chi connectivity index (χ1n) is 9.70. The van der Waals surface area contributed by atoms with Crippen LogP contribution in [0.5, 0.6) is 5.75 Å². The molecule has 3 aromatic carbocycles. The van der Waals surface area contributed by atoms with Crippen molar-refractivity contribution in [2.45, 2.75) is 26.7 Å². The van der Waals surface area contributed by atoms with Gasteiger partial charge in [0.1, 0.15) is 11.5 Å². The van der Waals surface area contributed by atoms with Gasteiger partial charge in [-0.15, -0.1) is 0 Å². The zero-order valence-electron chi connectivity index (χ0n) is 17.1. The largest absolute Gasteiger partial charge is 0.497 e. The molecule has 0 spiro atoms. The van der Waals surface area contributed by atoms with Gasteiger partial charge in [0.2, 0.25) is 0 Å². The van der Waals surface area contributed by atoms with Gasteiger partial charge in [-0.2, -0.15) is 0 Å². The summed E-state index contributed by atoms with van der Waals surface area (Å²) in [7, 11) is 1.62. The molecule has 1 amide bonds. The molecule has 0 saturated heterocycles. The number of hydrogen-bond donors (Lipinski definition) is 1. The fraction of sp³-hybridized carbons (Fsp3) is 0.200. The molecule has 0 atom stereocenters. The average molecular weight is 386 g/mol. The van der Waals surface area contributed by atoms with Crippen molar-refractivity contribution in [2.24, 2.45) is 4.99 Å². The van der Waals surface area contributed by atoms with Gasteiger partial charge in [0, 0.05) is 5.69 Å². The molecule has 29 heavy (non-hydrogen) atoms. The van der Waals surface area contributed by atoms with Crippen molar-refractivity contribution in [3.05, 3.63) is 89.5 Å². The van der Waals surface area contributed by atoms with E-state index in [4.69, 9.17) is 9.73 Å². The van der Waals surface area contributed by atoms with Crippen LogP contribution in [0.3, 0.4) is 0 Å². The Balaban J connectivity index is 1.86. The zero-order valence-corrected chi connectivity index (χ0v) is 17.1. The van der Waals surface area contributed by atoms with Crippen molar-refractivity contribution >= 4 is 23.0 Å². The summed E-state index contributed by atoms with van der Waals surface area (Å²) < 4.78 is 5.18. The van der Waals surface area contributed by atoms with Crippen LogP contribution in [0.1, 0.15) is 23.1 Å². The average Bonchev–Trinajstić information content (AvgIpc) is 2.74. The predicted molar refractivity (Wildman–Crippen MR) is 119 cm³/mol. The quantitative estimate of drug-likeness (QED) is 0.533. The van der Waals surface area contributed by atoms with Crippen LogP contribution in [0.4, 0.5) is 11.4 Å². The van der Waals surface area contributed by atoms with Crippen molar-refractivity contribution in [3.8, 4) is 5.75 Å². The van der Waals surface area contributed by atoms with Gasteiger partial charge >= 0.3 is 0 Å². The van der Waals surface area contributed by atoms with Crippen LogP contribution in [-0.4, -0.2) is 18.7 Å². The van der Waals surface area contributed by atoms with E-state index in [-0.39, 0.29) is 5.91 Å². The number of aliphatic imine (C=N–C) groups is 1. The van der Waals surface area contributed by atoms with Crippen molar-refractivity contribution in [1.29, 1.82) is 0 Å². The van der Waals surface area contributed by atoms with Crippen LogP contribution in [0.15, 0.2) is 77.8 Å². The lowest BCUT2D eigenvalue weighted by Gasteiger charge is -2.11. The number of amides is 1. The molecule has 3 aromatic rings. The highest BCUT2D eigenvalue weighted by molar-refractivity contribution is 6.43. The second-order valence-electron chi connectivity index (χ2n) is 6.97. The van der Waals surface area contributed by atoms with Gasteiger partial charge in [0.15, 0.2) is 0 Å². The molecule has 0 unspecified atom stereocenters. The molecule has 0 aromatic heterocycles. The molecule has 0 aliphatic heterocycles. The third-order valence-electron chi connectivity index (χ3n) is 4.79. The topological polar surface area (TPSA) is 50.7 Å². The number of nitrogens with one attached hydrogen (secondary N) is 1. The second-order valence-corrected chi connectivity index (χ2v) is 6.97. The summed E-state index contributed by atoms with van der Waals surface area (Å²) in [6, 6.07) is 23.5. The first kappa shape index (κ1) is 20.3. The molecule has 0 bridgehead atoms. The summed E-state index contributed by atoms with van der Waals surface area (Å²) in [6.45, 7) is 4.03. The number of carbonyl (C=O) groups is 1. The fourth-order valence-corrected chi connectivity index (χ4v) is 3.12. The molecule has 0 heterocycles. The number of anilines is 1. The standard InChI is InChI=1S/C25H26N2O2/c1-18-8-7-9-19(2)24(18)27-23(17-12-20-10-5-4-6-11-20)25(28)26-21-13-15-22(29-3)16-14-21/h4-11,13-16H,12,17H2,1-3H3,(H,26,28). The summed E-state index contributed by atoms with van der Waals surface area (Å²) in [5.74, 6) is 0.560. The number of ether oxygens (including phenoxy) is 1. The lowest BCUT2D eigenvalue weighted by Crippen LogP contribution is -2.23. The lowest BCUT2D eigenvalue weighted by atomic mass is 10.1. The van der Waals surface area contributed by atoms with Crippen molar-refractivity contribution in [2.75, 3.05) is 12.4 Å². The summed E-state index contributed by atoms with van der Waals surface area (Å²) in [4.78, 5) is 17.8. The number of rotatable bonds is 7. The highest BCUT2D eigenvalue weighted by Gasteiger charge is 2.14. The van der Waals surface area contributed by atoms with Crippen LogP contribution in [0.25, 0.3) is 0 Å². The van der Waals surface area contributed by atoms with E-state index in [2.05, 4.69) is 17.4 Å². The molecule has 4 heteroatoms. The molecular formula is C25H26N2O2. The number of para-hydroxylation sites is 1. The highest BCUT2D eigenvalue weighted by Crippen LogP contribution is 2.24. The summed E-state index contributed by atoms with van der Waals surface area (Å²) in [6.07, 6.45) is 1.31. The van der Waals surface area contributed by atoms with Gasteiger partial charge in [0.05, 0.1) is 12.8 Å². The highest BCUT2D eigenvalue weighted by atomic mass is 16.5. The van der Waals surface area contributed by atoms with Gasteiger partial charge in [-0.3, -0.25) is 4.79 Å². The van der Waals surface area contributed by atoms with E-state index in [1.165, 1.54) is 5.56 Å². The molecule has 0 radical (unpaired) electrons. The Hall–Kier alpha value is -3.40. The molecule has 0 saturated carbocycles. The van der Waals surface area contributed by atoms with E-state index in [1.54, 1.807) is 7.11 Å². The molecular weight excluding hydrogens is 360 g/mol. The van der Waals surface area contributed by atoms with Crippen LogP contribution >= 0.6 is 0 Å². The SMILES string of the molecule is COc1ccc(NC(=O)C(CCc2ccccc2)=Nc2c(C)cccc2C)cc1. The van der Waals surface area contributed by atoms with Gasteiger partial charge in [-0.25, -0.2) is 4.99 Å². The normalized spacial score (nSPS) is 11.2. The molecule has 3 rings (SSSR count). The van der Waals surface area contributed by atoms with Crippen LogP contribution in [0, 0.1) is 13.8 Å². The number of nitrogens with zero attached hydrogens (tertiary/aromatic N) is 1. The fourth-order valence-electron chi connectivity index (χ4n) is 3.12. The number of hydrogen-bond acceptors (Lipinski definition) is 3. The summed E-state index contributed by atoms with van der Waals surface area (Å²) in [5, 5.41) is 2.96. The molecule has 148 valence electrons. The van der Waals surface area contributed by atoms with E-state index in [0.717, 1.165) is 29.0 Å². The first-order chi connectivity index (χ1) is 14.1. The van der Waals surface area contributed by atoms with Gasteiger partial charge in [-0.1, -0.05) is 48.5 Å². The van der Waals surface area contributed by atoms with Crippen LogP contribution < -0.4 is 10.1 Å². The van der Waals surface area contributed by atoms with E-state index < -0.39 is 0 Å². The number of carbonyl (C=O) groups excluding carboxylic acids is 1. The van der Waals surface area contributed by atoms with Gasteiger partial charge in [0.25, 0.3) is 5.91 Å². The Labute approximate surface area is 172 Å². The van der Waals surface area contributed by atoms with Crippen molar-refractivity contribution in [1.82, 2.24) is 0 Å². The molecule has 0 fully saturated rings. The number of benzene rings is 3.